The second-order valence-corrected chi connectivity index (χ2v) is 5.79. The highest BCUT2D eigenvalue weighted by Crippen LogP contribution is 2.18. The summed E-state index contributed by atoms with van der Waals surface area (Å²) in [4.78, 5) is 14.2. The Labute approximate surface area is 110 Å². The van der Waals surface area contributed by atoms with E-state index in [-0.39, 0.29) is 0 Å². The molecular formula is C14H26N2O2. The molecule has 2 heterocycles. The fourth-order valence-electron chi connectivity index (χ4n) is 3.01. The monoisotopic (exact) mass is 254 g/mol. The molecule has 0 radical (unpaired) electrons. The van der Waals surface area contributed by atoms with Crippen LogP contribution in [-0.2, 0) is 9.53 Å². The molecule has 3 unspecified atom stereocenters. The molecule has 0 aromatic carbocycles. The number of piperazine rings is 1. The van der Waals surface area contributed by atoms with Gasteiger partial charge in [0.2, 0.25) is 5.91 Å². The minimum Gasteiger partial charge on any atom is -0.378 e. The molecule has 0 saturated carbocycles. The van der Waals surface area contributed by atoms with Gasteiger partial charge in [0.1, 0.15) is 0 Å². The maximum absolute atomic E-state index is 12.2. The molecule has 1 N–H and O–H groups in total. The van der Waals surface area contributed by atoms with Gasteiger partial charge < -0.3 is 15.0 Å². The van der Waals surface area contributed by atoms with E-state index in [0.29, 0.717) is 30.5 Å². The van der Waals surface area contributed by atoms with Crippen LogP contribution in [0.25, 0.3) is 0 Å². The molecule has 4 heteroatoms. The van der Waals surface area contributed by atoms with E-state index < -0.39 is 0 Å². The topological polar surface area (TPSA) is 41.6 Å². The Morgan fingerprint density at radius 2 is 2.00 bits per heavy atom. The average molecular weight is 254 g/mol. The first-order valence-electron chi connectivity index (χ1n) is 7.30. The van der Waals surface area contributed by atoms with Crippen LogP contribution in [-0.4, -0.2) is 48.7 Å². The van der Waals surface area contributed by atoms with Crippen LogP contribution in [0.1, 0.15) is 46.0 Å². The quantitative estimate of drug-likeness (QED) is 0.831. The number of rotatable bonds is 3. The van der Waals surface area contributed by atoms with Gasteiger partial charge in [-0.1, -0.05) is 0 Å². The number of carbonyl (C=O) groups is 1. The second-order valence-electron chi connectivity index (χ2n) is 5.79. The minimum absolute atomic E-state index is 0.296. The van der Waals surface area contributed by atoms with E-state index in [9.17, 15) is 4.79 Å². The molecule has 18 heavy (non-hydrogen) atoms. The fourth-order valence-corrected chi connectivity index (χ4v) is 3.01. The van der Waals surface area contributed by atoms with Crippen molar-refractivity contribution < 1.29 is 9.53 Å². The summed E-state index contributed by atoms with van der Waals surface area (Å²) in [7, 11) is 0. The molecular weight excluding hydrogens is 228 g/mol. The van der Waals surface area contributed by atoms with Gasteiger partial charge in [0.05, 0.1) is 6.10 Å². The first-order valence-corrected chi connectivity index (χ1v) is 7.30. The van der Waals surface area contributed by atoms with Crippen molar-refractivity contribution in [1.82, 2.24) is 10.2 Å². The summed E-state index contributed by atoms with van der Waals surface area (Å²) in [6.45, 7) is 6.84. The number of ether oxygens (including phenoxy) is 1. The number of amides is 1. The summed E-state index contributed by atoms with van der Waals surface area (Å²) < 4.78 is 5.67. The molecule has 3 atom stereocenters. The highest BCUT2D eigenvalue weighted by atomic mass is 16.5. The van der Waals surface area contributed by atoms with Crippen LogP contribution in [0.2, 0.25) is 0 Å². The Bertz CT molecular complexity index is 267. The molecule has 0 bridgehead atoms. The molecule has 2 aliphatic rings. The smallest absolute Gasteiger partial charge is 0.222 e. The lowest BCUT2D eigenvalue weighted by Gasteiger charge is -2.36. The third-order valence-corrected chi connectivity index (χ3v) is 3.86. The molecule has 4 nitrogen and oxygen atoms in total. The summed E-state index contributed by atoms with van der Waals surface area (Å²) in [5.74, 6) is 0.296. The van der Waals surface area contributed by atoms with Crippen molar-refractivity contribution in [2.45, 2.75) is 64.1 Å². The Morgan fingerprint density at radius 3 is 2.61 bits per heavy atom. The van der Waals surface area contributed by atoms with Crippen LogP contribution in [0.5, 0.6) is 0 Å². The Kier molecular flexibility index (Phi) is 5.01. The van der Waals surface area contributed by atoms with E-state index in [1.165, 1.54) is 12.8 Å². The maximum atomic E-state index is 12.2. The Hall–Kier alpha value is -0.610. The lowest BCUT2D eigenvalue weighted by molar-refractivity contribution is -0.134. The fraction of sp³-hybridized carbons (Fsp3) is 0.929. The van der Waals surface area contributed by atoms with Gasteiger partial charge in [-0.25, -0.2) is 0 Å². The van der Waals surface area contributed by atoms with Gasteiger partial charge in [0.15, 0.2) is 0 Å². The Morgan fingerprint density at radius 1 is 1.28 bits per heavy atom. The van der Waals surface area contributed by atoms with Crippen molar-refractivity contribution in [2.24, 2.45) is 0 Å². The lowest BCUT2D eigenvalue weighted by atomic mass is 10.0. The number of nitrogens with one attached hydrogen (secondary N) is 1. The minimum atomic E-state index is 0.296. The molecule has 2 rings (SSSR count). The Balaban J connectivity index is 1.73. The average Bonchev–Trinajstić information content (AvgIpc) is 2.36. The molecule has 0 spiro atoms. The predicted octanol–water partition coefficient (Wildman–Crippen LogP) is 1.54. The van der Waals surface area contributed by atoms with Crippen molar-refractivity contribution in [2.75, 3.05) is 19.7 Å². The lowest BCUT2D eigenvalue weighted by Crippen LogP contribution is -2.55. The summed E-state index contributed by atoms with van der Waals surface area (Å²) in [6, 6.07) is 0.812. The zero-order valence-corrected chi connectivity index (χ0v) is 11.7. The van der Waals surface area contributed by atoms with Gasteiger partial charge in [-0.15, -0.1) is 0 Å². The number of hydrogen-bond donors (Lipinski definition) is 1. The van der Waals surface area contributed by atoms with Crippen LogP contribution in [0, 0.1) is 0 Å². The van der Waals surface area contributed by atoms with Crippen LogP contribution < -0.4 is 5.32 Å². The molecule has 2 aliphatic heterocycles. The van der Waals surface area contributed by atoms with Gasteiger partial charge in [0, 0.05) is 38.2 Å². The molecule has 0 aromatic rings. The first-order chi connectivity index (χ1) is 8.65. The van der Waals surface area contributed by atoms with E-state index in [1.807, 2.05) is 4.90 Å². The highest BCUT2D eigenvalue weighted by molar-refractivity contribution is 5.76. The van der Waals surface area contributed by atoms with Crippen molar-refractivity contribution in [3.05, 3.63) is 0 Å². The molecule has 104 valence electrons. The molecule has 0 aromatic heterocycles. The van der Waals surface area contributed by atoms with Crippen molar-refractivity contribution in [1.29, 1.82) is 0 Å². The maximum Gasteiger partial charge on any atom is 0.222 e. The van der Waals surface area contributed by atoms with Crippen LogP contribution in [0.15, 0.2) is 0 Å². The molecule has 2 saturated heterocycles. The molecule has 2 fully saturated rings. The van der Waals surface area contributed by atoms with Crippen LogP contribution in [0.3, 0.4) is 0 Å². The summed E-state index contributed by atoms with van der Waals surface area (Å²) in [5, 5.41) is 3.45. The van der Waals surface area contributed by atoms with Crippen LogP contribution >= 0.6 is 0 Å². The zero-order valence-electron chi connectivity index (χ0n) is 11.7. The largest absolute Gasteiger partial charge is 0.378 e. The highest BCUT2D eigenvalue weighted by Gasteiger charge is 2.25. The predicted molar refractivity (Wildman–Crippen MR) is 71.5 cm³/mol. The number of hydrogen-bond acceptors (Lipinski definition) is 3. The van der Waals surface area contributed by atoms with Gasteiger partial charge in [-0.2, -0.15) is 0 Å². The third-order valence-electron chi connectivity index (χ3n) is 3.86. The molecule has 0 aliphatic carbocycles. The number of nitrogens with zero attached hydrogens (tertiary/aromatic N) is 1. The normalized spacial score (nSPS) is 33.4. The van der Waals surface area contributed by atoms with Crippen molar-refractivity contribution in [3.8, 4) is 0 Å². The van der Waals surface area contributed by atoms with Gasteiger partial charge in [-0.05, 0) is 39.5 Å². The van der Waals surface area contributed by atoms with E-state index in [0.717, 1.165) is 32.5 Å². The number of carbonyl (C=O) groups excluding carboxylic acids is 1. The zero-order chi connectivity index (χ0) is 13.0. The van der Waals surface area contributed by atoms with E-state index in [2.05, 4.69) is 19.2 Å². The van der Waals surface area contributed by atoms with E-state index in [4.69, 9.17) is 4.74 Å². The standard InChI is InChI=1S/C14H26N2O2/c1-11-9-16(10-12(2)15-11)14(17)7-6-13-5-3-4-8-18-13/h11-13,15H,3-10H2,1-2H3. The molecule has 1 amide bonds. The summed E-state index contributed by atoms with van der Waals surface area (Å²) >= 11 is 0. The van der Waals surface area contributed by atoms with Crippen LogP contribution in [0.4, 0.5) is 0 Å². The van der Waals surface area contributed by atoms with Crippen molar-refractivity contribution in [3.63, 3.8) is 0 Å². The van der Waals surface area contributed by atoms with E-state index >= 15 is 0 Å². The third kappa shape index (κ3) is 3.95. The summed E-state index contributed by atoms with van der Waals surface area (Å²) in [5.41, 5.74) is 0. The first kappa shape index (κ1) is 13.8. The van der Waals surface area contributed by atoms with Gasteiger partial charge in [0.25, 0.3) is 0 Å². The van der Waals surface area contributed by atoms with Crippen molar-refractivity contribution >= 4 is 5.91 Å². The SMILES string of the molecule is CC1CN(C(=O)CCC2CCCCO2)CC(C)N1. The van der Waals surface area contributed by atoms with Gasteiger partial charge >= 0.3 is 0 Å². The van der Waals surface area contributed by atoms with Gasteiger partial charge in [-0.3, -0.25) is 4.79 Å². The second kappa shape index (κ2) is 6.53. The summed E-state index contributed by atoms with van der Waals surface area (Å²) in [6.07, 6.45) is 5.41. The van der Waals surface area contributed by atoms with E-state index in [1.54, 1.807) is 0 Å².